The number of esters is 1. The van der Waals surface area contributed by atoms with Gasteiger partial charge < -0.3 is 19.3 Å². The van der Waals surface area contributed by atoms with Crippen LogP contribution in [-0.4, -0.2) is 29.2 Å². The average molecular weight is 415 g/mol. The van der Waals surface area contributed by atoms with Gasteiger partial charge in [0.15, 0.2) is 6.10 Å². The van der Waals surface area contributed by atoms with Crippen LogP contribution in [0.25, 0.3) is 0 Å². The number of carbonyl (C=O) groups excluding carboxylic acids is 2. The molecule has 162 valence electrons. The fraction of sp³-hybridized carbons (Fsp3) is 0.522. The van der Waals surface area contributed by atoms with Gasteiger partial charge in [-0.1, -0.05) is 24.9 Å². The maximum Gasteiger partial charge on any atom is 0.338 e. The van der Waals surface area contributed by atoms with Crippen LogP contribution in [0.3, 0.4) is 0 Å². The second-order valence-corrected chi connectivity index (χ2v) is 8.04. The number of amides is 1. The van der Waals surface area contributed by atoms with Crippen LogP contribution in [0.1, 0.15) is 66.9 Å². The molecule has 1 N–H and O–H groups in total. The molecule has 0 aliphatic heterocycles. The van der Waals surface area contributed by atoms with E-state index in [0.29, 0.717) is 23.8 Å². The SMILES string of the molecule is Cc1noc(C)c1COc1ccc(C(=O)O[C@@H](C)C(=O)N[C@@H]2CCCC[C@@H]2C)cc1. The zero-order valence-corrected chi connectivity index (χ0v) is 18.1. The van der Waals surface area contributed by atoms with Crippen molar-refractivity contribution in [2.24, 2.45) is 5.92 Å². The van der Waals surface area contributed by atoms with Crippen molar-refractivity contribution in [2.75, 3.05) is 0 Å². The Morgan fingerprint density at radius 2 is 1.90 bits per heavy atom. The van der Waals surface area contributed by atoms with Gasteiger partial charge in [0.05, 0.1) is 16.8 Å². The number of hydrogen-bond donors (Lipinski definition) is 1. The summed E-state index contributed by atoms with van der Waals surface area (Å²) in [4.78, 5) is 24.8. The molecule has 0 unspecified atom stereocenters. The van der Waals surface area contributed by atoms with Crippen LogP contribution in [0.5, 0.6) is 5.75 Å². The molecule has 1 heterocycles. The van der Waals surface area contributed by atoms with Gasteiger partial charge in [-0.15, -0.1) is 0 Å². The van der Waals surface area contributed by atoms with Gasteiger partial charge in [0, 0.05) is 6.04 Å². The maximum absolute atomic E-state index is 12.4. The Morgan fingerprint density at radius 1 is 1.20 bits per heavy atom. The minimum absolute atomic E-state index is 0.154. The normalized spacial score (nSPS) is 19.7. The molecule has 7 nitrogen and oxygen atoms in total. The van der Waals surface area contributed by atoms with E-state index in [9.17, 15) is 9.59 Å². The Balaban J connectivity index is 1.50. The Morgan fingerprint density at radius 3 is 2.53 bits per heavy atom. The minimum Gasteiger partial charge on any atom is -0.489 e. The predicted molar refractivity (Wildman–Crippen MR) is 111 cm³/mol. The van der Waals surface area contributed by atoms with E-state index in [4.69, 9.17) is 14.0 Å². The van der Waals surface area contributed by atoms with Crippen molar-refractivity contribution in [2.45, 2.75) is 72.1 Å². The fourth-order valence-corrected chi connectivity index (χ4v) is 3.66. The number of hydrogen-bond acceptors (Lipinski definition) is 6. The van der Waals surface area contributed by atoms with Gasteiger partial charge in [-0.2, -0.15) is 0 Å². The number of ether oxygens (including phenoxy) is 2. The third-order valence-corrected chi connectivity index (χ3v) is 5.75. The molecule has 1 aliphatic carbocycles. The Kier molecular flexibility index (Phi) is 7.13. The van der Waals surface area contributed by atoms with E-state index in [1.807, 2.05) is 13.8 Å². The smallest absolute Gasteiger partial charge is 0.338 e. The highest BCUT2D eigenvalue weighted by atomic mass is 16.5. The van der Waals surface area contributed by atoms with E-state index in [-0.39, 0.29) is 11.9 Å². The Hall–Kier alpha value is -2.83. The molecular weight excluding hydrogens is 384 g/mol. The van der Waals surface area contributed by atoms with Crippen molar-refractivity contribution in [1.29, 1.82) is 0 Å². The van der Waals surface area contributed by atoms with E-state index in [2.05, 4.69) is 17.4 Å². The first kappa shape index (κ1) is 21.9. The molecule has 0 bridgehead atoms. The van der Waals surface area contributed by atoms with Crippen molar-refractivity contribution in [3.05, 3.63) is 46.8 Å². The topological polar surface area (TPSA) is 90.7 Å². The molecule has 1 saturated carbocycles. The third-order valence-electron chi connectivity index (χ3n) is 5.75. The molecule has 1 aromatic carbocycles. The fourth-order valence-electron chi connectivity index (χ4n) is 3.66. The molecule has 1 amide bonds. The summed E-state index contributed by atoms with van der Waals surface area (Å²) in [6.07, 6.45) is 3.57. The largest absolute Gasteiger partial charge is 0.489 e. The van der Waals surface area contributed by atoms with Crippen molar-refractivity contribution < 1.29 is 23.6 Å². The molecule has 1 aromatic heterocycles. The van der Waals surface area contributed by atoms with Crippen molar-refractivity contribution in [3.63, 3.8) is 0 Å². The average Bonchev–Trinajstić information content (AvgIpc) is 3.05. The van der Waals surface area contributed by atoms with E-state index in [0.717, 1.165) is 36.3 Å². The summed E-state index contributed by atoms with van der Waals surface area (Å²) < 4.78 is 16.2. The zero-order valence-electron chi connectivity index (χ0n) is 18.1. The Bertz CT molecular complexity index is 855. The van der Waals surface area contributed by atoms with Crippen LogP contribution in [0, 0.1) is 19.8 Å². The van der Waals surface area contributed by atoms with Crippen LogP contribution in [0.15, 0.2) is 28.8 Å². The van der Waals surface area contributed by atoms with Gasteiger partial charge >= 0.3 is 5.97 Å². The molecule has 7 heteroatoms. The first-order chi connectivity index (χ1) is 14.3. The molecule has 0 spiro atoms. The number of rotatable bonds is 7. The van der Waals surface area contributed by atoms with Crippen LogP contribution in [-0.2, 0) is 16.1 Å². The molecular formula is C23H30N2O5. The Labute approximate surface area is 177 Å². The van der Waals surface area contributed by atoms with E-state index < -0.39 is 12.1 Å². The quantitative estimate of drug-likeness (QED) is 0.686. The second-order valence-electron chi connectivity index (χ2n) is 8.04. The van der Waals surface area contributed by atoms with Crippen molar-refractivity contribution >= 4 is 11.9 Å². The van der Waals surface area contributed by atoms with E-state index >= 15 is 0 Å². The molecule has 0 radical (unpaired) electrons. The lowest BCUT2D eigenvalue weighted by Gasteiger charge is -2.30. The molecule has 1 aliphatic rings. The van der Waals surface area contributed by atoms with Crippen LogP contribution >= 0.6 is 0 Å². The maximum atomic E-state index is 12.4. The lowest BCUT2D eigenvalue weighted by Crippen LogP contribution is -2.45. The summed E-state index contributed by atoms with van der Waals surface area (Å²) in [5.41, 5.74) is 2.07. The van der Waals surface area contributed by atoms with Gasteiger partial charge in [0.2, 0.25) is 0 Å². The molecule has 0 saturated heterocycles. The van der Waals surface area contributed by atoms with Crippen molar-refractivity contribution in [1.82, 2.24) is 10.5 Å². The summed E-state index contributed by atoms with van der Waals surface area (Å²) in [7, 11) is 0. The number of aromatic nitrogens is 1. The van der Waals surface area contributed by atoms with Gasteiger partial charge in [-0.3, -0.25) is 4.79 Å². The number of nitrogens with one attached hydrogen (secondary N) is 1. The summed E-state index contributed by atoms with van der Waals surface area (Å²) in [5.74, 6) is 1.00. The molecule has 30 heavy (non-hydrogen) atoms. The second kappa shape index (κ2) is 9.78. The highest BCUT2D eigenvalue weighted by molar-refractivity contribution is 5.92. The zero-order chi connectivity index (χ0) is 21.7. The standard InChI is InChI=1S/C23H30N2O5/c1-14-7-5-6-8-21(14)24-22(26)17(4)29-23(27)18-9-11-19(12-10-18)28-13-20-15(2)25-30-16(20)3/h9-12,14,17,21H,5-8,13H2,1-4H3,(H,24,26)/t14-,17-,21+/m0/s1. The summed E-state index contributed by atoms with van der Waals surface area (Å²) >= 11 is 0. The first-order valence-electron chi connectivity index (χ1n) is 10.5. The minimum atomic E-state index is -0.845. The lowest BCUT2D eigenvalue weighted by molar-refractivity contribution is -0.130. The van der Waals surface area contributed by atoms with E-state index in [1.165, 1.54) is 6.42 Å². The highest BCUT2D eigenvalue weighted by Gasteiger charge is 2.26. The van der Waals surface area contributed by atoms with Gasteiger partial charge in [-0.05, 0) is 63.8 Å². The van der Waals surface area contributed by atoms with Crippen LogP contribution in [0.4, 0.5) is 0 Å². The van der Waals surface area contributed by atoms with E-state index in [1.54, 1.807) is 31.2 Å². The first-order valence-corrected chi connectivity index (χ1v) is 10.5. The number of carbonyl (C=O) groups is 2. The van der Waals surface area contributed by atoms with Crippen LogP contribution < -0.4 is 10.1 Å². The number of benzene rings is 1. The molecule has 3 atom stereocenters. The monoisotopic (exact) mass is 414 g/mol. The van der Waals surface area contributed by atoms with Gasteiger partial charge in [-0.25, -0.2) is 4.79 Å². The highest BCUT2D eigenvalue weighted by Crippen LogP contribution is 2.24. The van der Waals surface area contributed by atoms with Gasteiger partial charge in [0.25, 0.3) is 5.91 Å². The van der Waals surface area contributed by atoms with Gasteiger partial charge in [0.1, 0.15) is 18.1 Å². The third kappa shape index (κ3) is 5.40. The number of aryl methyl sites for hydroxylation is 2. The van der Waals surface area contributed by atoms with Crippen molar-refractivity contribution in [3.8, 4) is 5.75 Å². The lowest BCUT2D eigenvalue weighted by atomic mass is 9.86. The number of nitrogens with zero attached hydrogens (tertiary/aromatic N) is 1. The summed E-state index contributed by atoms with van der Waals surface area (Å²) in [6, 6.07) is 6.80. The summed E-state index contributed by atoms with van der Waals surface area (Å²) in [6.45, 7) is 7.78. The molecule has 1 fully saturated rings. The van der Waals surface area contributed by atoms with Crippen LogP contribution in [0.2, 0.25) is 0 Å². The summed E-state index contributed by atoms with van der Waals surface area (Å²) in [5, 5.41) is 6.92. The molecule has 2 aromatic rings. The molecule has 3 rings (SSSR count). The predicted octanol–water partition coefficient (Wildman–Crippen LogP) is 4.11.